The highest BCUT2D eigenvalue weighted by molar-refractivity contribution is 7.16. The molecule has 0 aliphatic heterocycles. The van der Waals surface area contributed by atoms with Gasteiger partial charge in [0.1, 0.15) is 11.3 Å². The predicted octanol–water partition coefficient (Wildman–Crippen LogP) is 5.62. The first-order valence-corrected chi connectivity index (χ1v) is 16.7. The topological polar surface area (TPSA) is 132 Å². The molecule has 1 fully saturated rings. The zero-order valence-corrected chi connectivity index (χ0v) is 27.7. The monoisotopic (exact) mass is 718 g/mol. The van der Waals surface area contributed by atoms with Crippen molar-refractivity contribution in [1.29, 1.82) is 0 Å². The second-order valence-corrected chi connectivity index (χ2v) is 12.7. The number of phenols is 1. The minimum atomic E-state index is -5.77. The molecule has 4 N–H and O–H groups in total. The Kier molecular flexibility index (Phi) is 14.8. The number of phenolic OH excluding ortho intramolecular Hbond substituents is 1. The van der Waals surface area contributed by atoms with Gasteiger partial charge in [-0.1, -0.05) is 73.9 Å². The van der Waals surface area contributed by atoms with E-state index < -0.39 is 23.9 Å². The number of hydrogen-bond acceptors (Lipinski definition) is 8. The lowest BCUT2D eigenvalue weighted by atomic mass is 9.94. The third-order valence-corrected chi connectivity index (χ3v) is 9.09. The molecule has 4 rings (SSSR count). The van der Waals surface area contributed by atoms with Crippen LogP contribution in [0.25, 0.3) is 10.2 Å². The van der Waals surface area contributed by atoms with E-state index in [0.29, 0.717) is 37.0 Å². The average molecular weight is 719 g/mol. The Bertz CT molecular complexity index is 1560. The number of alkyl halides is 6. The van der Waals surface area contributed by atoms with Crippen LogP contribution >= 0.6 is 11.3 Å². The van der Waals surface area contributed by atoms with Crippen LogP contribution in [0, 0.1) is 0 Å². The van der Waals surface area contributed by atoms with Crippen LogP contribution in [0.5, 0.6) is 5.75 Å². The molecule has 16 heteroatoms. The molecule has 1 aliphatic carbocycles. The number of thiazole rings is 1. The molecular weight excluding hydrogens is 678 g/mol. The molecule has 0 radical (unpaired) electrons. The number of Topliss-reactive ketones (excluding diaryl/α,β-unsaturated/α-hetero) is 2. The van der Waals surface area contributed by atoms with Crippen molar-refractivity contribution in [2.75, 3.05) is 32.7 Å². The Morgan fingerprint density at radius 1 is 0.918 bits per heavy atom. The van der Waals surface area contributed by atoms with E-state index in [1.807, 2.05) is 12.1 Å². The lowest BCUT2D eigenvalue weighted by Crippen LogP contribution is -2.45. The van der Waals surface area contributed by atoms with Gasteiger partial charge in [-0.3, -0.25) is 19.2 Å². The second-order valence-electron chi connectivity index (χ2n) is 11.8. The van der Waals surface area contributed by atoms with Gasteiger partial charge in [-0.25, -0.2) is 0 Å². The maximum absolute atomic E-state index is 13.2. The fraction of sp³-hybridized carbons (Fsp3) is 0.515. The first-order chi connectivity index (χ1) is 23.1. The summed E-state index contributed by atoms with van der Waals surface area (Å²) < 4.78 is 67.8. The summed E-state index contributed by atoms with van der Waals surface area (Å²) in [6.45, 7) is 5.98. The molecule has 270 valence electrons. The van der Waals surface area contributed by atoms with Crippen molar-refractivity contribution in [3.63, 3.8) is 0 Å². The smallest absolute Gasteiger partial charge is 0.458 e. The first-order valence-electron chi connectivity index (χ1n) is 15.9. The van der Waals surface area contributed by atoms with E-state index in [2.05, 4.69) is 51.7 Å². The number of carbonyl (C=O) groups excluding carboxylic acids is 3. The molecule has 0 unspecified atom stereocenters. The third kappa shape index (κ3) is 12.3. The maximum Gasteiger partial charge on any atom is 0.458 e. The highest BCUT2D eigenvalue weighted by Gasteiger charge is 2.54. The van der Waals surface area contributed by atoms with E-state index in [4.69, 9.17) is 0 Å². The number of nitrogens with one attached hydrogen (secondary N) is 3. The minimum Gasteiger partial charge on any atom is -0.506 e. The molecule has 1 amide bonds. The summed E-state index contributed by atoms with van der Waals surface area (Å²) in [6.07, 6.45) is -4.40. The molecule has 1 saturated carbocycles. The number of H-pyrrole nitrogens is 1. The van der Waals surface area contributed by atoms with Gasteiger partial charge < -0.3 is 25.6 Å². The van der Waals surface area contributed by atoms with Crippen LogP contribution in [-0.4, -0.2) is 83.6 Å². The number of rotatable bonds is 14. The summed E-state index contributed by atoms with van der Waals surface area (Å²) in [5, 5.41) is 17.0. The van der Waals surface area contributed by atoms with Gasteiger partial charge in [0, 0.05) is 38.6 Å². The molecule has 0 saturated heterocycles. The second kappa shape index (κ2) is 18.3. The lowest BCUT2D eigenvalue weighted by molar-refractivity contribution is -0.193. The van der Waals surface area contributed by atoms with E-state index in [-0.39, 0.29) is 16.5 Å². The standard InChI is InChI=1S/C29H40N4O3S.C4F6O2/c1-21(22-8-4-2-5-9-22)20-31-17-15-26(35)33(24-10-6-3-7-11-24)19-18-30-16-14-23-12-13-25(34)27-28(23)37-29(36)32-27;5-3(6,7)1(11)2(12)4(8,9)10/h2,4-5,8-9,12-13,21,24,30-31,34H,3,6-7,10-11,14-20H2,1H3,(H,32,36);/t21-;/m0./s1. The van der Waals surface area contributed by atoms with Crippen molar-refractivity contribution in [3.8, 4) is 5.75 Å². The van der Waals surface area contributed by atoms with Crippen molar-refractivity contribution in [1.82, 2.24) is 20.5 Å². The molecule has 9 nitrogen and oxygen atoms in total. The number of hydrogen-bond donors (Lipinski definition) is 4. The highest BCUT2D eigenvalue weighted by Crippen LogP contribution is 2.28. The lowest BCUT2D eigenvalue weighted by Gasteiger charge is -2.34. The molecule has 3 aromatic rings. The molecule has 0 bridgehead atoms. The maximum atomic E-state index is 13.2. The number of aromatic hydroxyl groups is 1. The number of nitrogens with zero attached hydrogens (tertiary/aromatic N) is 1. The van der Waals surface area contributed by atoms with Crippen molar-refractivity contribution >= 4 is 39.0 Å². The van der Waals surface area contributed by atoms with Crippen LogP contribution < -0.4 is 15.5 Å². The van der Waals surface area contributed by atoms with Gasteiger partial charge in [0.25, 0.3) is 0 Å². The zero-order chi connectivity index (χ0) is 36.2. The number of amides is 1. The Hall–Kier alpha value is -3.76. The zero-order valence-electron chi connectivity index (χ0n) is 26.9. The average Bonchev–Trinajstić information content (AvgIpc) is 3.47. The molecule has 1 atom stereocenters. The Labute approximate surface area is 283 Å². The van der Waals surface area contributed by atoms with Crippen LogP contribution in [0.15, 0.2) is 47.3 Å². The largest absolute Gasteiger partial charge is 0.506 e. The summed E-state index contributed by atoms with van der Waals surface area (Å²) in [5.41, 5.74) is 2.88. The Balaban J connectivity index is 0.000000463. The number of carbonyl (C=O) groups is 3. The first kappa shape index (κ1) is 39.7. The van der Waals surface area contributed by atoms with Gasteiger partial charge >= 0.3 is 28.8 Å². The van der Waals surface area contributed by atoms with Gasteiger partial charge in [-0.15, -0.1) is 0 Å². The van der Waals surface area contributed by atoms with E-state index in [1.54, 1.807) is 6.07 Å². The van der Waals surface area contributed by atoms with E-state index >= 15 is 0 Å². The van der Waals surface area contributed by atoms with Crippen molar-refractivity contribution < 1.29 is 45.8 Å². The van der Waals surface area contributed by atoms with Crippen molar-refractivity contribution in [3.05, 3.63) is 63.3 Å². The minimum absolute atomic E-state index is 0.107. The van der Waals surface area contributed by atoms with Gasteiger partial charge in [-0.2, -0.15) is 26.3 Å². The van der Waals surface area contributed by atoms with Gasteiger partial charge in [0.2, 0.25) is 5.91 Å². The van der Waals surface area contributed by atoms with Crippen LogP contribution in [0.3, 0.4) is 0 Å². The fourth-order valence-corrected chi connectivity index (χ4v) is 6.43. The van der Waals surface area contributed by atoms with Crippen LogP contribution in [0.1, 0.15) is 62.5 Å². The van der Waals surface area contributed by atoms with Crippen LogP contribution in [0.4, 0.5) is 26.3 Å². The van der Waals surface area contributed by atoms with Crippen molar-refractivity contribution in [2.24, 2.45) is 0 Å². The highest BCUT2D eigenvalue weighted by atomic mass is 32.1. The molecule has 0 spiro atoms. The number of aromatic amines is 1. The van der Waals surface area contributed by atoms with Gasteiger partial charge in [0.05, 0.1) is 4.70 Å². The number of halogens is 6. The number of fused-ring (bicyclic) bond motifs is 1. The van der Waals surface area contributed by atoms with E-state index in [9.17, 15) is 50.6 Å². The Morgan fingerprint density at radius 2 is 1.55 bits per heavy atom. The van der Waals surface area contributed by atoms with Gasteiger partial charge in [0.15, 0.2) is 0 Å². The van der Waals surface area contributed by atoms with Gasteiger partial charge in [-0.05, 0) is 48.9 Å². The summed E-state index contributed by atoms with van der Waals surface area (Å²) >= 11 is 1.14. The van der Waals surface area contributed by atoms with Crippen molar-refractivity contribution in [2.45, 2.75) is 76.2 Å². The summed E-state index contributed by atoms with van der Waals surface area (Å²) in [7, 11) is 0. The molecule has 1 aliphatic rings. The fourth-order valence-electron chi connectivity index (χ4n) is 5.54. The molecule has 49 heavy (non-hydrogen) atoms. The summed E-state index contributed by atoms with van der Waals surface area (Å²) in [5.74, 6) is -6.05. The molecule has 1 heterocycles. The number of aromatic nitrogens is 1. The molecule has 1 aromatic heterocycles. The quantitative estimate of drug-likeness (QED) is 0.0967. The van der Waals surface area contributed by atoms with E-state index in [1.165, 1.54) is 24.8 Å². The molecular formula is C33H40F6N4O5S. The van der Waals surface area contributed by atoms with E-state index in [0.717, 1.165) is 60.5 Å². The third-order valence-electron chi connectivity index (χ3n) is 8.13. The van der Waals surface area contributed by atoms with Crippen LogP contribution in [-0.2, 0) is 20.8 Å². The SMILES string of the molecule is C[C@@H](CNCCC(=O)N(CCNCCc1ccc(O)c2[nH]c(=O)sc12)C1CCCCC1)c1ccccc1.O=C(C(=O)C(F)(F)F)C(F)(F)F. The Morgan fingerprint density at radius 3 is 2.16 bits per heavy atom. The number of benzene rings is 2. The van der Waals surface area contributed by atoms with Crippen LogP contribution in [0.2, 0.25) is 0 Å². The predicted molar refractivity (Wildman–Crippen MR) is 174 cm³/mol. The summed E-state index contributed by atoms with van der Waals surface area (Å²) in [6, 6.07) is 14.3. The normalized spacial score (nSPS) is 14.6. The number of ketones is 2. The summed E-state index contributed by atoms with van der Waals surface area (Å²) in [4.78, 5) is 48.9. The molecule has 2 aromatic carbocycles.